The number of hydrogen-bond donors (Lipinski definition) is 0. The lowest BCUT2D eigenvalue weighted by atomic mass is 9.89. The van der Waals surface area contributed by atoms with E-state index in [1.165, 1.54) is 50.1 Å². The normalized spacial score (nSPS) is 11.8. The minimum Gasteiger partial charge on any atom is -0.456 e. The minimum absolute atomic E-state index is 0.910. The van der Waals surface area contributed by atoms with Gasteiger partial charge in [0.25, 0.3) is 0 Å². The fourth-order valence-corrected chi connectivity index (χ4v) is 7.80. The monoisotopic (exact) mass is 651 g/mol. The third-order valence-corrected chi connectivity index (χ3v) is 10.3. The van der Waals surface area contributed by atoms with Crippen LogP contribution in [0.15, 0.2) is 192 Å². The predicted molar refractivity (Wildman–Crippen MR) is 213 cm³/mol. The number of fused-ring (bicyclic) bond motifs is 6. The highest BCUT2D eigenvalue weighted by molar-refractivity contribution is 6.06. The van der Waals surface area contributed by atoms with Crippen molar-refractivity contribution in [1.82, 2.24) is 0 Å². The fourth-order valence-electron chi connectivity index (χ4n) is 7.80. The van der Waals surface area contributed by atoms with Crippen molar-refractivity contribution in [3.63, 3.8) is 0 Å². The molecular formula is C49H33NO. The minimum atomic E-state index is 0.910. The molecule has 1 aliphatic carbocycles. The first-order valence-electron chi connectivity index (χ1n) is 17.5. The molecule has 9 aromatic rings. The van der Waals surface area contributed by atoms with Crippen molar-refractivity contribution in [3.05, 3.63) is 199 Å². The largest absolute Gasteiger partial charge is 0.456 e. The zero-order valence-electron chi connectivity index (χ0n) is 28.0. The van der Waals surface area contributed by atoms with Crippen molar-refractivity contribution < 1.29 is 4.42 Å². The van der Waals surface area contributed by atoms with Crippen LogP contribution in [0.4, 0.5) is 17.1 Å². The van der Waals surface area contributed by atoms with Gasteiger partial charge in [-0.25, -0.2) is 0 Å². The van der Waals surface area contributed by atoms with Gasteiger partial charge in [0.15, 0.2) is 0 Å². The third-order valence-electron chi connectivity index (χ3n) is 10.3. The summed E-state index contributed by atoms with van der Waals surface area (Å²) in [7, 11) is 0. The van der Waals surface area contributed by atoms with Crippen molar-refractivity contribution in [3.8, 4) is 44.5 Å². The molecule has 240 valence electrons. The molecule has 2 nitrogen and oxygen atoms in total. The number of furan rings is 1. The maximum Gasteiger partial charge on any atom is 0.136 e. The van der Waals surface area contributed by atoms with E-state index in [1.807, 2.05) is 12.1 Å². The lowest BCUT2D eigenvalue weighted by Crippen LogP contribution is -2.09. The molecule has 0 spiro atoms. The molecule has 0 N–H and O–H groups in total. The van der Waals surface area contributed by atoms with Crippen LogP contribution in [-0.2, 0) is 6.42 Å². The van der Waals surface area contributed by atoms with Gasteiger partial charge in [-0.05, 0) is 129 Å². The molecule has 0 radical (unpaired) electrons. The van der Waals surface area contributed by atoms with Gasteiger partial charge in [0.2, 0.25) is 0 Å². The Kier molecular flexibility index (Phi) is 6.92. The summed E-state index contributed by atoms with van der Waals surface area (Å²) in [6.45, 7) is 0. The molecule has 1 heterocycles. The topological polar surface area (TPSA) is 16.4 Å². The Labute approximate surface area is 297 Å². The summed E-state index contributed by atoms with van der Waals surface area (Å²) in [6, 6.07) is 67.7. The van der Waals surface area contributed by atoms with Crippen LogP contribution in [0.1, 0.15) is 11.1 Å². The summed E-state index contributed by atoms with van der Waals surface area (Å²) in [5, 5.41) is 2.29. The quantitative estimate of drug-likeness (QED) is 0.178. The number of para-hydroxylation sites is 2. The molecule has 0 bridgehead atoms. The molecule has 0 amide bonds. The molecule has 0 saturated carbocycles. The number of anilines is 3. The van der Waals surface area contributed by atoms with E-state index < -0.39 is 0 Å². The summed E-state index contributed by atoms with van der Waals surface area (Å²) < 4.78 is 6.36. The molecule has 0 atom stereocenters. The maximum atomic E-state index is 6.36. The summed E-state index contributed by atoms with van der Waals surface area (Å²) in [5.41, 5.74) is 17.8. The van der Waals surface area contributed by atoms with Gasteiger partial charge in [-0.15, -0.1) is 0 Å². The summed E-state index contributed by atoms with van der Waals surface area (Å²) in [4.78, 5) is 2.33. The third kappa shape index (κ3) is 5.12. The Morgan fingerprint density at radius 2 is 0.902 bits per heavy atom. The Balaban J connectivity index is 1.08. The highest BCUT2D eigenvalue weighted by atomic mass is 16.3. The van der Waals surface area contributed by atoms with Gasteiger partial charge in [-0.3, -0.25) is 0 Å². The lowest BCUT2D eigenvalue weighted by Gasteiger charge is -2.26. The molecule has 2 heteroatoms. The first-order valence-corrected chi connectivity index (χ1v) is 17.5. The van der Waals surface area contributed by atoms with Crippen LogP contribution >= 0.6 is 0 Å². The molecule has 1 aliphatic rings. The molecule has 51 heavy (non-hydrogen) atoms. The lowest BCUT2D eigenvalue weighted by molar-refractivity contribution is 0.669. The average molecular weight is 652 g/mol. The highest BCUT2D eigenvalue weighted by Gasteiger charge is 2.22. The van der Waals surface area contributed by atoms with Gasteiger partial charge < -0.3 is 9.32 Å². The van der Waals surface area contributed by atoms with Crippen LogP contribution in [0.2, 0.25) is 0 Å². The van der Waals surface area contributed by atoms with Crippen molar-refractivity contribution in [1.29, 1.82) is 0 Å². The van der Waals surface area contributed by atoms with Crippen LogP contribution in [0.3, 0.4) is 0 Å². The highest BCUT2D eigenvalue weighted by Crippen LogP contribution is 2.45. The number of rotatable bonds is 6. The first-order chi connectivity index (χ1) is 25.3. The van der Waals surface area contributed by atoms with Crippen LogP contribution in [0, 0.1) is 0 Å². The van der Waals surface area contributed by atoms with Crippen molar-refractivity contribution in [2.45, 2.75) is 6.42 Å². The van der Waals surface area contributed by atoms with Crippen LogP contribution < -0.4 is 4.90 Å². The van der Waals surface area contributed by atoms with Crippen LogP contribution in [0.5, 0.6) is 0 Å². The fraction of sp³-hybridized carbons (Fsp3) is 0.0204. The van der Waals surface area contributed by atoms with Crippen LogP contribution in [0.25, 0.3) is 66.4 Å². The van der Waals surface area contributed by atoms with Gasteiger partial charge in [-0.1, -0.05) is 121 Å². The first kappa shape index (κ1) is 29.3. The molecule has 0 unspecified atom stereocenters. The second-order valence-corrected chi connectivity index (χ2v) is 13.3. The Hall–Kier alpha value is -6.64. The standard InChI is InChI=1S/C49H33NO/c1-3-11-33(12-4-1)34-19-24-40(25-20-34)50(39-14-5-2-6-15-39)41-26-21-35(22-27-41)45-30-38-29-36-13-7-8-16-42(36)47(38)32-46(45)37-23-28-44-43-17-9-10-18-48(43)51-49(44)31-37/h1-28,30-32H,29H2. The van der Waals surface area contributed by atoms with Gasteiger partial charge in [0.1, 0.15) is 11.2 Å². The van der Waals surface area contributed by atoms with E-state index in [1.54, 1.807) is 0 Å². The van der Waals surface area contributed by atoms with E-state index in [-0.39, 0.29) is 0 Å². The molecule has 0 fully saturated rings. The van der Waals surface area contributed by atoms with E-state index >= 15 is 0 Å². The smallest absolute Gasteiger partial charge is 0.136 e. The number of nitrogens with zero attached hydrogens (tertiary/aromatic N) is 1. The predicted octanol–water partition coefficient (Wildman–Crippen LogP) is 13.6. The summed E-state index contributed by atoms with van der Waals surface area (Å²) >= 11 is 0. The summed E-state index contributed by atoms with van der Waals surface area (Å²) in [5.74, 6) is 0. The molecule has 10 rings (SSSR count). The Morgan fingerprint density at radius 1 is 0.333 bits per heavy atom. The molecule has 8 aromatic carbocycles. The number of benzene rings is 8. The average Bonchev–Trinajstić information content (AvgIpc) is 3.76. The van der Waals surface area contributed by atoms with E-state index in [0.29, 0.717) is 0 Å². The second kappa shape index (κ2) is 12.0. The molecule has 0 aliphatic heterocycles. The van der Waals surface area contributed by atoms with E-state index in [9.17, 15) is 0 Å². The Morgan fingerprint density at radius 3 is 1.69 bits per heavy atom. The second-order valence-electron chi connectivity index (χ2n) is 13.3. The zero-order valence-corrected chi connectivity index (χ0v) is 28.0. The van der Waals surface area contributed by atoms with Gasteiger partial charge in [-0.2, -0.15) is 0 Å². The zero-order chi connectivity index (χ0) is 33.7. The van der Waals surface area contributed by atoms with E-state index in [4.69, 9.17) is 4.42 Å². The molecule has 1 aromatic heterocycles. The molecular weight excluding hydrogens is 619 g/mol. The van der Waals surface area contributed by atoms with Crippen molar-refractivity contribution in [2.75, 3.05) is 4.90 Å². The van der Waals surface area contributed by atoms with Gasteiger partial charge in [0, 0.05) is 27.8 Å². The van der Waals surface area contributed by atoms with Gasteiger partial charge in [0.05, 0.1) is 0 Å². The maximum absolute atomic E-state index is 6.36. The number of hydrogen-bond acceptors (Lipinski definition) is 2. The van der Waals surface area contributed by atoms with E-state index in [2.05, 4.69) is 181 Å². The van der Waals surface area contributed by atoms with Gasteiger partial charge >= 0.3 is 0 Å². The summed E-state index contributed by atoms with van der Waals surface area (Å²) in [6.07, 6.45) is 0.945. The van der Waals surface area contributed by atoms with Crippen molar-refractivity contribution in [2.24, 2.45) is 0 Å². The van der Waals surface area contributed by atoms with Crippen molar-refractivity contribution >= 4 is 39.0 Å². The molecule has 0 saturated heterocycles. The van der Waals surface area contributed by atoms with E-state index in [0.717, 1.165) is 51.0 Å². The Bertz CT molecular complexity index is 2690. The SMILES string of the molecule is c1ccc(-c2ccc(N(c3ccccc3)c3ccc(-c4cc5c(cc4-c4ccc6c(c4)oc4ccccc46)-c4ccccc4C5)cc3)cc2)cc1. The van der Waals surface area contributed by atoms with Crippen LogP contribution in [-0.4, -0.2) is 0 Å².